The molecule has 3 aromatic carbocycles. The number of hydrogen-bond donors (Lipinski definition) is 2. The molecule has 4 aromatic rings. The molecule has 0 bridgehead atoms. The molecule has 242 valence electrons. The van der Waals surface area contributed by atoms with Crippen LogP contribution in [0.25, 0.3) is 16.9 Å². The van der Waals surface area contributed by atoms with Crippen molar-refractivity contribution in [3.8, 4) is 16.9 Å². The maximum Gasteiger partial charge on any atom is 0.338 e. The topological polar surface area (TPSA) is 94.5 Å². The summed E-state index contributed by atoms with van der Waals surface area (Å²) < 4.78 is 12.8. The van der Waals surface area contributed by atoms with Crippen LogP contribution in [0.3, 0.4) is 0 Å². The summed E-state index contributed by atoms with van der Waals surface area (Å²) in [6, 6.07) is 23.0. The Balaban J connectivity index is 1.29. The molecule has 1 heterocycles. The molecule has 1 aromatic heterocycles. The predicted molar refractivity (Wildman–Crippen MR) is 185 cm³/mol. The molecule has 8 nitrogen and oxygen atoms in total. The van der Waals surface area contributed by atoms with Gasteiger partial charge in [0.15, 0.2) is 0 Å². The lowest BCUT2D eigenvalue weighted by Crippen LogP contribution is -2.42. The first-order valence-electron chi connectivity index (χ1n) is 16.1. The molecule has 2 amide bonds. The van der Waals surface area contributed by atoms with E-state index < -0.39 is 5.60 Å². The lowest BCUT2D eigenvalue weighted by atomic mass is 9.81. The minimum atomic E-state index is -0.584. The second kappa shape index (κ2) is 13.4. The van der Waals surface area contributed by atoms with Gasteiger partial charge in [-0.2, -0.15) is 5.10 Å². The molecule has 3 atom stereocenters. The van der Waals surface area contributed by atoms with E-state index in [0.29, 0.717) is 23.7 Å². The van der Waals surface area contributed by atoms with Gasteiger partial charge in [0.1, 0.15) is 11.4 Å². The molecule has 47 heavy (non-hydrogen) atoms. The second-order valence-electron chi connectivity index (χ2n) is 13.2. The largest absolute Gasteiger partial charge is 0.456 e. The average molecular weight is 631 g/mol. The van der Waals surface area contributed by atoms with E-state index >= 15 is 0 Å². The molecule has 0 spiro atoms. The molecule has 8 heteroatoms. The van der Waals surface area contributed by atoms with Gasteiger partial charge in [0.25, 0.3) is 0 Å². The number of aromatic nitrogens is 2. The number of esters is 1. The van der Waals surface area contributed by atoms with Gasteiger partial charge in [-0.05, 0) is 87.4 Å². The zero-order valence-corrected chi connectivity index (χ0v) is 27.6. The SMILES string of the molecule is COCc1cccc2c1C[C@@H](NC(=O)Nc1c(C)c(-c3ccc(C(=O)OC(C)(C)C)cc3)nn1-c1ccccc1)[C@@H]2C1C=CC=CC1. The highest BCUT2D eigenvalue weighted by atomic mass is 16.6. The van der Waals surface area contributed by atoms with Gasteiger partial charge in [-0.15, -0.1) is 0 Å². The molecular weight excluding hydrogens is 588 g/mol. The third-order valence-corrected chi connectivity index (χ3v) is 8.77. The minimum Gasteiger partial charge on any atom is -0.456 e. The number of carbonyl (C=O) groups excluding carboxylic acids is 2. The Labute approximate surface area is 276 Å². The number of urea groups is 1. The number of methoxy groups -OCH3 is 1. The molecule has 2 N–H and O–H groups in total. The minimum absolute atomic E-state index is 0.0996. The Kier molecular flexibility index (Phi) is 9.14. The summed E-state index contributed by atoms with van der Waals surface area (Å²) in [5, 5.41) is 11.5. The molecule has 0 aliphatic heterocycles. The van der Waals surface area contributed by atoms with Crippen LogP contribution in [0.4, 0.5) is 10.6 Å². The van der Waals surface area contributed by atoms with Crippen molar-refractivity contribution in [3.05, 3.63) is 125 Å². The number of anilines is 1. The molecule has 2 aliphatic rings. The molecule has 2 aliphatic carbocycles. The second-order valence-corrected chi connectivity index (χ2v) is 13.2. The quantitative estimate of drug-likeness (QED) is 0.193. The van der Waals surface area contributed by atoms with Crippen LogP contribution in [-0.4, -0.2) is 40.5 Å². The van der Waals surface area contributed by atoms with Gasteiger partial charge in [0.2, 0.25) is 0 Å². The van der Waals surface area contributed by atoms with Crippen LogP contribution >= 0.6 is 0 Å². The monoisotopic (exact) mass is 630 g/mol. The summed E-state index contributed by atoms with van der Waals surface area (Å²) in [5.41, 5.74) is 6.73. The molecule has 0 fully saturated rings. The Hall–Kier alpha value is -4.95. The molecule has 6 rings (SSSR count). The highest BCUT2D eigenvalue weighted by Gasteiger charge is 2.39. The smallest absolute Gasteiger partial charge is 0.338 e. The number of nitrogens with one attached hydrogen (secondary N) is 2. The maximum atomic E-state index is 13.9. The van der Waals surface area contributed by atoms with Crippen molar-refractivity contribution in [1.82, 2.24) is 15.1 Å². The highest BCUT2D eigenvalue weighted by molar-refractivity contribution is 5.92. The van der Waals surface area contributed by atoms with Gasteiger partial charge in [0.05, 0.1) is 23.6 Å². The Morgan fingerprint density at radius 1 is 0.979 bits per heavy atom. The van der Waals surface area contributed by atoms with E-state index in [1.807, 2.05) is 70.2 Å². The van der Waals surface area contributed by atoms with Crippen LogP contribution in [0.1, 0.15) is 65.7 Å². The number of para-hydroxylation sites is 1. The van der Waals surface area contributed by atoms with Crippen molar-refractivity contribution in [2.45, 2.75) is 64.7 Å². The number of amides is 2. The van der Waals surface area contributed by atoms with Gasteiger partial charge in [0, 0.05) is 30.2 Å². The number of rotatable bonds is 8. The normalized spacial score (nSPS) is 18.5. The van der Waals surface area contributed by atoms with Crippen LogP contribution in [0.5, 0.6) is 0 Å². The molecular formula is C39H42N4O4. The van der Waals surface area contributed by atoms with Crippen molar-refractivity contribution in [3.63, 3.8) is 0 Å². The number of allylic oxidation sites excluding steroid dienone is 4. The fourth-order valence-electron chi connectivity index (χ4n) is 6.69. The Bertz CT molecular complexity index is 1820. The lowest BCUT2D eigenvalue weighted by molar-refractivity contribution is 0.00695. The predicted octanol–water partition coefficient (Wildman–Crippen LogP) is 7.91. The van der Waals surface area contributed by atoms with Gasteiger partial charge >= 0.3 is 12.0 Å². The van der Waals surface area contributed by atoms with Gasteiger partial charge < -0.3 is 14.8 Å². The summed E-state index contributed by atoms with van der Waals surface area (Å²) in [6.07, 6.45) is 10.3. The highest BCUT2D eigenvalue weighted by Crippen LogP contribution is 2.43. The number of benzene rings is 3. The first-order valence-corrected chi connectivity index (χ1v) is 16.1. The van der Waals surface area contributed by atoms with Crippen molar-refractivity contribution in [2.75, 3.05) is 12.4 Å². The van der Waals surface area contributed by atoms with Gasteiger partial charge in [-0.3, -0.25) is 5.32 Å². The summed E-state index contributed by atoms with van der Waals surface area (Å²) in [4.78, 5) is 26.5. The van der Waals surface area contributed by atoms with Crippen LogP contribution in [0, 0.1) is 12.8 Å². The lowest BCUT2D eigenvalue weighted by Gasteiger charge is -2.28. The van der Waals surface area contributed by atoms with Gasteiger partial charge in [-0.1, -0.05) is 72.8 Å². The van der Waals surface area contributed by atoms with Crippen molar-refractivity contribution < 1.29 is 19.1 Å². The van der Waals surface area contributed by atoms with E-state index in [1.165, 1.54) is 11.1 Å². The van der Waals surface area contributed by atoms with E-state index in [9.17, 15) is 9.59 Å². The first-order chi connectivity index (χ1) is 22.6. The number of fused-ring (bicyclic) bond motifs is 1. The molecule has 0 saturated carbocycles. The van der Waals surface area contributed by atoms with Crippen molar-refractivity contribution in [1.29, 1.82) is 0 Å². The summed E-state index contributed by atoms with van der Waals surface area (Å²) >= 11 is 0. The number of ether oxygens (including phenoxy) is 2. The van der Waals surface area contributed by atoms with Crippen molar-refractivity contribution >= 4 is 17.8 Å². The third kappa shape index (κ3) is 6.93. The maximum absolute atomic E-state index is 13.9. The van der Waals surface area contributed by atoms with E-state index in [0.717, 1.165) is 35.2 Å². The van der Waals surface area contributed by atoms with E-state index in [2.05, 4.69) is 53.1 Å². The van der Waals surface area contributed by atoms with Crippen LogP contribution in [0.15, 0.2) is 97.1 Å². The van der Waals surface area contributed by atoms with Crippen LogP contribution in [-0.2, 0) is 22.5 Å². The Morgan fingerprint density at radius 3 is 2.43 bits per heavy atom. The van der Waals surface area contributed by atoms with Crippen LogP contribution in [0.2, 0.25) is 0 Å². The first kappa shape index (κ1) is 32.0. The van der Waals surface area contributed by atoms with E-state index in [-0.39, 0.29) is 29.9 Å². The Morgan fingerprint density at radius 2 is 1.74 bits per heavy atom. The number of hydrogen-bond acceptors (Lipinski definition) is 5. The molecule has 0 radical (unpaired) electrons. The van der Waals surface area contributed by atoms with Crippen LogP contribution < -0.4 is 10.6 Å². The van der Waals surface area contributed by atoms with Crippen molar-refractivity contribution in [2.24, 2.45) is 5.92 Å². The standard InChI is InChI=1S/C39H42N4O4/c1-25-35(27-19-21-28(22-20-27)37(44)47-39(2,3)4)42-43(30-16-10-7-11-17-30)36(25)41-38(45)40-33-23-32-29(24-46-5)15-12-18-31(32)34(33)26-13-8-6-9-14-26/h6-13,15-22,26,33-34H,14,23-24H2,1-5H3,(H2,40,41,45)/t26?,33-,34-/m1/s1. The zero-order chi connectivity index (χ0) is 33.1. The summed E-state index contributed by atoms with van der Waals surface area (Å²) in [5.74, 6) is 0.604. The fraction of sp³-hybridized carbons (Fsp3) is 0.308. The average Bonchev–Trinajstić information content (AvgIpc) is 3.58. The van der Waals surface area contributed by atoms with Gasteiger partial charge in [-0.25, -0.2) is 14.3 Å². The third-order valence-electron chi connectivity index (χ3n) is 8.77. The number of carbonyl (C=O) groups is 2. The van der Waals surface area contributed by atoms with E-state index in [4.69, 9.17) is 14.6 Å². The zero-order valence-electron chi connectivity index (χ0n) is 27.6. The molecule has 1 unspecified atom stereocenters. The van der Waals surface area contributed by atoms with E-state index in [1.54, 1.807) is 23.9 Å². The number of nitrogens with zero attached hydrogens (tertiary/aromatic N) is 2. The molecule has 0 saturated heterocycles. The fourth-order valence-corrected chi connectivity index (χ4v) is 6.69. The summed E-state index contributed by atoms with van der Waals surface area (Å²) in [7, 11) is 1.71. The summed E-state index contributed by atoms with van der Waals surface area (Å²) in [6.45, 7) is 8.02.